The summed E-state index contributed by atoms with van der Waals surface area (Å²) in [5, 5.41) is 0. The van der Waals surface area contributed by atoms with E-state index in [0.29, 0.717) is 0 Å². The van der Waals surface area contributed by atoms with E-state index in [0.717, 1.165) is 25.1 Å². The Morgan fingerprint density at radius 1 is 0.955 bits per heavy atom. The summed E-state index contributed by atoms with van der Waals surface area (Å²) in [6.45, 7) is 5.65. The topological polar surface area (TPSA) is 3.24 Å². The Morgan fingerprint density at radius 2 is 1.73 bits per heavy atom. The average Bonchev–Trinajstić information content (AvgIpc) is 2.67. The van der Waals surface area contributed by atoms with Crippen LogP contribution in [-0.2, 0) is 13.0 Å². The molecule has 0 radical (unpaired) electrons. The van der Waals surface area contributed by atoms with Gasteiger partial charge in [0.25, 0.3) is 0 Å². The van der Waals surface area contributed by atoms with Crippen LogP contribution in [0.1, 0.15) is 16.7 Å². The number of hydrogen-bond donors (Lipinski definition) is 0. The second-order valence-electron chi connectivity index (χ2n) is 5.52. The predicted octanol–water partition coefficient (Wildman–Crippen LogP) is 5.00. The van der Waals surface area contributed by atoms with Crippen molar-refractivity contribution in [2.24, 2.45) is 0 Å². The van der Waals surface area contributed by atoms with Gasteiger partial charge in [-0.25, -0.2) is 0 Å². The first kappa shape index (κ1) is 14.4. The molecule has 0 N–H and O–H groups in total. The first-order valence-electron chi connectivity index (χ1n) is 7.73. The zero-order valence-electron chi connectivity index (χ0n) is 12.8. The highest BCUT2D eigenvalue weighted by molar-refractivity contribution is 5.56. The Labute approximate surface area is 132 Å². The third-order valence-electron chi connectivity index (χ3n) is 3.97. The molecule has 1 nitrogen and oxygen atoms in total. The highest BCUT2D eigenvalue weighted by Gasteiger charge is 2.10. The lowest BCUT2D eigenvalue weighted by molar-refractivity contribution is 0.860. The number of allylic oxidation sites excluding steroid dienone is 3. The quantitative estimate of drug-likeness (QED) is 0.767. The van der Waals surface area contributed by atoms with Gasteiger partial charge in [0.2, 0.25) is 0 Å². The second-order valence-corrected chi connectivity index (χ2v) is 5.52. The van der Waals surface area contributed by atoms with Crippen molar-refractivity contribution in [2.75, 3.05) is 11.4 Å². The van der Waals surface area contributed by atoms with Crippen molar-refractivity contribution in [2.45, 2.75) is 13.0 Å². The zero-order valence-corrected chi connectivity index (χ0v) is 12.8. The van der Waals surface area contributed by atoms with Gasteiger partial charge in [0.05, 0.1) is 0 Å². The van der Waals surface area contributed by atoms with E-state index < -0.39 is 0 Å². The fraction of sp³-hybridized carbons (Fsp3) is 0.143. The van der Waals surface area contributed by atoms with E-state index in [1.807, 2.05) is 6.08 Å². The summed E-state index contributed by atoms with van der Waals surface area (Å²) in [7, 11) is 0. The number of benzene rings is 2. The van der Waals surface area contributed by atoms with Gasteiger partial charge < -0.3 is 4.90 Å². The summed E-state index contributed by atoms with van der Waals surface area (Å²) in [6.07, 6.45) is 11.6. The molecular formula is C21H21N. The maximum absolute atomic E-state index is 3.81. The molecule has 0 aliphatic carbocycles. The second kappa shape index (κ2) is 6.95. The maximum atomic E-state index is 3.81. The van der Waals surface area contributed by atoms with Crippen molar-refractivity contribution in [1.82, 2.24) is 0 Å². The van der Waals surface area contributed by atoms with Crippen molar-refractivity contribution in [3.8, 4) is 0 Å². The van der Waals surface area contributed by atoms with Gasteiger partial charge in [0, 0.05) is 18.8 Å². The zero-order chi connectivity index (χ0) is 15.2. The average molecular weight is 287 g/mol. The van der Waals surface area contributed by atoms with E-state index in [2.05, 4.69) is 84.3 Å². The molecule has 0 bridgehead atoms. The van der Waals surface area contributed by atoms with Crippen molar-refractivity contribution in [3.05, 3.63) is 96.1 Å². The van der Waals surface area contributed by atoms with Gasteiger partial charge in [0.15, 0.2) is 0 Å². The largest absolute Gasteiger partial charge is 0.363 e. The van der Waals surface area contributed by atoms with E-state index in [4.69, 9.17) is 0 Å². The molecular weight excluding hydrogens is 266 g/mol. The molecule has 1 aliphatic heterocycles. The molecule has 0 aromatic heterocycles. The normalized spacial score (nSPS) is 16.8. The molecule has 2 aromatic carbocycles. The SMILES string of the molecule is C=Cc1ccc(CN2C/C=C\C=C/Cc3ccccc32)cc1. The van der Waals surface area contributed by atoms with Crippen molar-refractivity contribution >= 4 is 11.8 Å². The number of fused-ring (bicyclic) bond motifs is 1. The van der Waals surface area contributed by atoms with E-state index in [1.165, 1.54) is 16.8 Å². The lowest BCUT2D eigenvalue weighted by atomic mass is 10.1. The Hall–Kier alpha value is -2.54. The summed E-state index contributed by atoms with van der Waals surface area (Å²) in [5.74, 6) is 0. The van der Waals surface area contributed by atoms with Crippen LogP contribution in [0, 0.1) is 0 Å². The summed E-state index contributed by atoms with van der Waals surface area (Å²) >= 11 is 0. The number of anilines is 1. The summed E-state index contributed by atoms with van der Waals surface area (Å²) in [4.78, 5) is 2.43. The maximum Gasteiger partial charge on any atom is 0.0433 e. The minimum absolute atomic E-state index is 0.915. The van der Waals surface area contributed by atoms with E-state index in [9.17, 15) is 0 Å². The van der Waals surface area contributed by atoms with Crippen LogP contribution in [0.15, 0.2) is 79.4 Å². The molecule has 0 unspecified atom stereocenters. The summed E-state index contributed by atoms with van der Waals surface area (Å²) < 4.78 is 0. The van der Waals surface area contributed by atoms with Crippen LogP contribution < -0.4 is 4.90 Å². The van der Waals surface area contributed by atoms with Crippen LogP contribution in [0.25, 0.3) is 6.08 Å². The predicted molar refractivity (Wildman–Crippen MR) is 96.0 cm³/mol. The number of rotatable bonds is 3. The number of nitrogens with zero attached hydrogens (tertiary/aromatic N) is 1. The lowest BCUT2D eigenvalue weighted by Crippen LogP contribution is -2.23. The molecule has 0 spiro atoms. The lowest BCUT2D eigenvalue weighted by Gasteiger charge is -2.26. The van der Waals surface area contributed by atoms with E-state index >= 15 is 0 Å². The molecule has 0 fully saturated rings. The van der Waals surface area contributed by atoms with Gasteiger partial charge in [-0.1, -0.05) is 79.4 Å². The minimum Gasteiger partial charge on any atom is -0.363 e. The number of hydrogen-bond acceptors (Lipinski definition) is 1. The molecule has 110 valence electrons. The third-order valence-corrected chi connectivity index (χ3v) is 3.97. The molecule has 0 amide bonds. The van der Waals surface area contributed by atoms with Crippen molar-refractivity contribution < 1.29 is 0 Å². The molecule has 1 aliphatic rings. The Balaban J connectivity index is 1.89. The third kappa shape index (κ3) is 3.37. The fourth-order valence-corrected chi connectivity index (χ4v) is 2.76. The van der Waals surface area contributed by atoms with Gasteiger partial charge in [-0.2, -0.15) is 0 Å². The molecule has 1 heteroatoms. The molecule has 0 atom stereocenters. The van der Waals surface area contributed by atoms with Gasteiger partial charge in [-0.3, -0.25) is 0 Å². The van der Waals surface area contributed by atoms with Crippen molar-refractivity contribution in [3.63, 3.8) is 0 Å². The standard InChI is InChI=1S/C21H21N/c1-2-18-12-14-19(15-13-18)17-22-16-8-4-3-5-9-20-10-6-7-11-21(20)22/h2-8,10-15H,1,9,16-17H2/b5-3-,8-4-. The summed E-state index contributed by atoms with van der Waals surface area (Å²) in [5.41, 5.74) is 5.19. The van der Waals surface area contributed by atoms with Crippen LogP contribution in [0.3, 0.4) is 0 Å². The Kier molecular flexibility index (Phi) is 4.55. The Morgan fingerprint density at radius 3 is 2.55 bits per heavy atom. The van der Waals surface area contributed by atoms with Gasteiger partial charge in [0.1, 0.15) is 0 Å². The van der Waals surface area contributed by atoms with Crippen LogP contribution in [0.4, 0.5) is 5.69 Å². The van der Waals surface area contributed by atoms with Crippen LogP contribution in [0.2, 0.25) is 0 Å². The van der Waals surface area contributed by atoms with Crippen molar-refractivity contribution in [1.29, 1.82) is 0 Å². The first-order chi connectivity index (χ1) is 10.9. The Bertz CT molecular complexity index is 692. The highest BCUT2D eigenvalue weighted by atomic mass is 15.1. The highest BCUT2D eigenvalue weighted by Crippen LogP contribution is 2.24. The number of para-hydroxylation sites is 1. The molecule has 0 saturated heterocycles. The smallest absolute Gasteiger partial charge is 0.0433 e. The van der Waals surface area contributed by atoms with E-state index in [1.54, 1.807) is 0 Å². The molecule has 0 saturated carbocycles. The molecule has 22 heavy (non-hydrogen) atoms. The fourth-order valence-electron chi connectivity index (χ4n) is 2.76. The minimum atomic E-state index is 0.915. The summed E-state index contributed by atoms with van der Waals surface area (Å²) in [6, 6.07) is 17.3. The molecule has 1 heterocycles. The van der Waals surface area contributed by atoms with Gasteiger partial charge >= 0.3 is 0 Å². The molecule has 2 aromatic rings. The van der Waals surface area contributed by atoms with Crippen LogP contribution in [-0.4, -0.2) is 6.54 Å². The van der Waals surface area contributed by atoms with Gasteiger partial charge in [-0.15, -0.1) is 0 Å². The first-order valence-corrected chi connectivity index (χ1v) is 7.73. The monoisotopic (exact) mass is 287 g/mol. The van der Waals surface area contributed by atoms with Gasteiger partial charge in [-0.05, 0) is 29.2 Å². The van der Waals surface area contributed by atoms with Crippen LogP contribution in [0.5, 0.6) is 0 Å². The molecule has 3 rings (SSSR count). The van der Waals surface area contributed by atoms with Crippen LogP contribution >= 0.6 is 0 Å². The van der Waals surface area contributed by atoms with E-state index in [-0.39, 0.29) is 0 Å².